The van der Waals surface area contributed by atoms with Crippen molar-refractivity contribution in [1.29, 1.82) is 0 Å². The summed E-state index contributed by atoms with van der Waals surface area (Å²) in [4.78, 5) is 22.4. The van der Waals surface area contributed by atoms with Crippen molar-refractivity contribution in [2.24, 2.45) is 5.92 Å². The minimum Gasteiger partial charge on any atom is -0.348 e. The number of nitrogens with zero attached hydrogens (tertiary/aromatic N) is 2. The number of aromatic amines is 1. The van der Waals surface area contributed by atoms with Crippen LogP contribution in [-0.2, 0) is 17.8 Å². The number of piperidine rings is 1. The molecule has 1 atom stereocenters. The average Bonchev–Trinajstić information content (AvgIpc) is 2.99. The Morgan fingerprint density at radius 2 is 2.17 bits per heavy atom. The maximum atomic E-state index is 12.5. The molecule has 0 radical (unpaired) electrons. The summed E-state index contributed by atoms with van der Waals surface area (Å²) >= 11 is 0. The van der Waals surface area contributed by atoms with Crippen LogP contribution in [-0.4, -0.2) is 33.7 Å². The standard InChI is InChI=1S/C19H25N3O/c1-15-18(21-14-20-15)13-22-11-5-8-17(12-22)19(23)10-9-16-6-3-2-4-7-16/h2-4,6-7,14,17H,5,8-13H2,1H3,(H,20,21). The number of imidazole rings is 1. The molecule has 0 spiro atoms. The van der Waals surface area contributed by atoms with Gasteiger partial charge in [0, 0.05) is 31.1 Å². The van der Waals surface area contributed by atoms with Gasteiger partial charge < -0.3 is 4.98 Å². The predicted molar refractivity (Wildman–Crippen MR) is 91.1 cm³/mol. The number of likely N-dealkylation sites (tertiary alicyclic amines) is 1. The van der Waals surface area contributed by atoms with E-state index in [4.69, 9.17) is 0 Å². The molecule has 2 aromatic rings. The lowest BCUT2D eigenvalue weighted by Gasteiger charge is -2.31. The Morgan fingerprint density at radius 3 is 2.91 bits per heavy atom. The lowest BCUT2D eigenvalue weighted by molar-refractivity contribution is -0.124. The summed E-state index contributed by atoms with van der Waals surface area (Å²) in [6.07, 6.45) is 5.39. The van der Waals surface area contributed by atoms with Crippen LogP contribution >= 0.6 is 0 Å². The van der Waals surface area contributed by atoms with Gasteiger partial charge in [0.05, 0.1) is 12.0 Å². The molecule has 122 valence electrons. The molecule has 1 aromatic carbocycles. The van der Waals surface area contributed by atoms with Crippen LogP contribution in [0.2, 0.25) is 0 Å². The number of aryl methyl sites for hydroxylation is 2. The van der Waals surface area contributed by atoms with Gasteiger partial charge in [0.2, 0.25) is 0 Å². The lowest BCUT2D eigenvalue weighted by Crippen LogP contribution is -2.38. The van der Waals surface area contributed by atoms with Crippen LogP contribution < -0.4 is 0 Å². The Labute approximate surface area is 137 Å². The molecule has 0 bridgehead atoms. The molecule has 0 saturated carbocycles. The monoisotopic (exact) mass is 311 g/mol. The lowest BCUT2D eigenvalue weighted by atomic mass is 9.90. The summed E-state index contributed by atoms with van der Waals surface area (Å²) in [6.45, 7) is 4.83. The molecule has 1 aliphatic rings. The van der Waals surface area contributed by atoms with Crippen molar-refractivity contribution in [3.8, 4) is 0 Å². The number of benzene rings is 1. The molecule has 1 saturated heterocycles. The van der Waals surface area contributed by atoms with Crippen molar-refractivity contribution >= 4 is 5.78 Å². The first-order valence-corrected chi connectivity index (χ1v) is 8.50. The number of hydrogen-bond acceptors (Lipinski definition) is 3. The Morgan fingerprint density at radius 1 is 1.35 bits per heavy atom. The van der Waals surface area contributed by atoms with Gasteiger partial charge in [-0.2, -0.15) is 0 Å². The van der Waals surface area contributed by atoms with E-state index in [1.807, 2.05) is 18.2 Å². The van der Waals surface area contributed by atoms with E-state index in [0.29, 0.717) is 12.2 Å². The van der Waals surface area contributed by atoms with E-state index < -0.39 is 0 Å². The number of carbonyl (C=O) groups excluding carboxylic acids is 1. The van der Waals surface area contributed by atoms with Crippen molar-refractivity contribution < 1.29 is 4.79 Å². The van der Waals surface area contributed by atoms with Crippen LogP contribution in [0.25, 0.3) is 0 Å². The molecule has 1 fully saturated rings. The maximum Gasteiger partial charge on any atom is 0.137 e. The van der Waals surface area contributed by atoms with Crippen molar-refractivity contribution in [1.82, 2.24) is 14.9 Å². The van der Waals surface area contributed by atoms with Gasteiger partial charge in [-0.15, -0.1) is 0 Å². The molecule has 2 heterocycles. The second kappa shape index (κ2) is 7.55. The Hall–Kier alpha value is -1.94. The van der Waals surface area contributed by atoms with Crippen LogP contribution in [0.3, 0.4) is 0 Å². The number of rotatable bonds is 6. The minimum atomic E-state index is 0.187. The summed E-state index contributed by atoms with van der Waals surface area (Å²) in [7, 11) is 0. The zero-order chi connectivity index (χ0) is 16.1. The van der Waals surface area contributed by atoms with E-state index in [1.54, 1.807) is 6.33 Å². The van der Waals surface area contributed by atoms with Gasteiger partial charge in [0.1, 0.15) is 5.78 Å². The SMILES string of the molecule is Cc1[nH]cnc1CN1CCCC(C(=O)CCc2ccccc2)C1. The van der Waals surface area contributed by atoms with Gasteiger partial charge >= 0.3 is 0 Å². The molecule has 0 amide bonds. The molecule has 1 unspecified atom stereocenters. The van der Waals surface area contributed by atoms with Crippen molar-refractivity contribution in [3.63, 3.8) is 0 Å². The molecular formula is C19H25N3O. The fourth-order valence-corrected chi connectivity index (χ4v) is 3.34. The van der Waals surface area contributed by atoms with Crippen LogP contribution in [0.1, 0.15) is 36.2 Å². The minimum absolute atomic E-state index is 0.187. The van der Waals surface area contributed by atoms with Crippen molar-refractivity contribution in [2.75, 3.05) is 13.1 Å². The van der Waals surface area contributed by atoms with Gasteiger partial charge in [-0.3, -0.25) is 9.69 Å². The fourth-order valence-electron chi connectivity index (χ4n) is 3.34. The first kappa shape index (κ1) is 15.9. The summed E-state index contributed by atoms with van der Waals surface area (Å²) in [5.41, 5.74) is 3.48. The molecule has 4 heteroatoms. The van der Waals surface area contributed by atoms with E-state index >= 15 is 0 Å². The highest BCUT2D eigenvalue weighted by molar-refractivity contribution is 5.81. The molecule has 4 nitrogen and oxygen atoms in total. The van der Waals surface area contributed by atoms with Crippen LogP contribution in [0, 0.1) is 12.8 Å². The number of H-pyrrole nitrogens is 1. The summed E-state index contributed by atoms with van der Waals surface area (Å²) in [5, 5.41) is 0. The molecule has 1 aliphatic heterocycles. The highest BCUT2D eigenvalue weighted by Gasteiger charge is 2.25. The fraction of sp³-hybridized carbons (Fsp3) is 0.474. The summed E-state index contributed by atoms with van der Waals surface area (Å²) < 4.78 is 0. The zero-order valence-electron chi connectivity index (χ0n) is 13.8. The van der Waals surface area contributed by atoms with E-state index in [0.717, 1.165) is 50.3 Å². The smallest absolute Gasteiger partial charge is 0.137 e. The number of hydrogen-bond donors (Lipinski definition) is 1. The normalized spacial score (nSPS) is 18.9. The molecule has 0 aliphatic carbocycles. The number of ketones is 1. The van der Waals surface area contributed by atoms with Gasteiger partial charge in [0.25, 0.3) is 0 Å². The van der Waals surface area contributed by atoms with E-state index in [2.05, 4.69) is 33.9 Å². The highest BCUT2D eigenvalue weighted by Crippen LogP contribution is 2.21. The highest BCUT2D eigenvalue weighted by atomic mass is 16.1. The third kappa shape index (κ3) is 4.29. The molecular weight excluding hydrogens is 286 g/mol. The van der Waals surface area contributed by atoms with E-state index in [-0.39, 0.29) is 5.92 Å². The van der Waals surface area contributed by atoms with Gasteiger partial charge in [-0.05, 0) is 38.3 Å². The van der Waals surface area contributed by atoms with Crippen LogP contribution in [0.5, 0.6) is 0 Å². The third-order valence-corrected chi connectivity index (χ3v) is 4.77. The van der Waals surface area contributed by atoms with E-state index in [1.165, 1.54) is 5.56 Å². The van der Waals surface area contributed by atoms with Gasteiger partial charge in [-0.1, -0.05) is 30.3 Å². The Bertz CT molecular complexity index is 635. The third-order valence-electron chi connectivity index (χ3n) is 4.77. The first-order valence-electron chi connectivity index (χ1n) is 8.50. The number of carbonyl (C=O) groups is 1. The molecule has 23 heavy (non-hydrogen) atoms. The predicted octanol–water partition coefficient (Wildman–Crippen LogP) is 3.13. The Balaban J connectivity index is 1.51. The zero-order valence-corrected chi connectivity index (χ0v) is 13.8. The van der Waals surface area contributed by atoms with Gasteiger partial charge in [-0.25, -0.2) is 4.98 Å². The topological polar surface area (TPSA) is 49.0 Å². The first-order chi connectivity index (χ1) is 11.2. The summed E-state index contributed by atoms with van der Waals surface area (Å²) in [6, 6.07) is 10.3. The van der Waals surface area contributed by atoms with Crippen LogP contribution in [0.4, 0.5) is 0 Å². The van der Waals surface area contributed by atoms with Crippen molar-refractivity contribution in [2.45, 2.75) is 39.2 Å². The second-order valence-electron chi connectivity index (χ2n) is 6.50. The number of nitrogens with one attached hydrogen (secondary N) is 1. The second-order valence-corrected chi connectivity index (χ2v) is 6.50. The van der Waals surface area contributed by atoms with E-state index in [9.17, 15) is 4.79 Å². The summed E-state index contributed by atoms with van der Waals surface area (Å²) in [5.74, 6) is 0.601. The average molecular weight is 311 g/mol. The quantitative estimate of drug-likeness (QED) is 0.891. The van der Waals surface area contributed by atoms with Crippen LogP contribution in [0.15, 0.2) is 36.7 Å². The molecule has 1 aromatic heterocycles. The Kier molecular flexibility index (Phi) is 5.23. The maximum absolute atomic E-state index is 12.5. The number of Topliss-reactive ketones (excluding diaryl/α,β-unsaturated/α-hetero) is 1. The molecule has 3 rings (SSSR count). The largest absolute Gasteiger partial charge is 0.348 e. The molecule has 1 N–H and O–H groups in total. The number of aromatic nitrogens is 2. The van der Waals surface area contributed by atoms with Gasteiger partial charge in [0.15, 0.2) is 0 Å². The van der Waals surface area contributed by atoms with Crippen molar-refractivity contribution in [3.05, 3.63) is 53.6 Å².